The first-order valence-electron chi connectivity index (χ1n) is 10.2. The van der Waals surface area contributed by atoms with Gasteiger partial charge in [-0.3, -0.25) is 4.90 Å². The molecule has 2 aromatic rings. The number of β-amino-alcohol motifs (C(OH)–C–C–N with tert-alkyl or cyclic N) is 1. The summed E-state index contributed by atoms with van der Waals surface area (Å²) in [7, 11) is 0. The normalized spacial score (nSPS) is 16.0. The summed E-state index contributed by atoms with van der Waals surface area (Å²) in [5.74, 6) is 0.810. The third kappa shape index (κ3) is 7.60. The Morgan fingerprint density at radius 1 is 1.04 bits per heavy atom. The highest BCUT2D eigenvalue weighted by Gasteiger charge is 2.15. The molecule has 1 aliphatic heterocycles. The average Bonchev–Trinajstić information content (AvgIpc) is 2.74. The highest BCUT2D eigenvalue weighted by atomic mass is 16.5. The summed E-state index contributed by atoms with van der Waals surface area (Å²) in [4.78, 5) is 2.22. The van der Waals surface area contributed by atoms with Gasteiger partial charge in [0.1, 0.15) is 18.5 Å². The Balaban J connectivity index is 1.32. The van der Waals surface area contributed by atoms with E-state index in [9.17, 15) is 5.11 Å². The fourth-order valence-electron chi connectivity index (χ4n) is 3.37. The maximum Gasteiger partial charge on any atom is 0.119 e. The van der Waals surface area contributed by atoms with E-state index in [1.54, 1.807) is 0 Å². The molecule has 0 aliphatic carbocycles. The Labute approximate surface area is 168 Å². The van der Waals surface area contributed by atoms with Crippen molar-refractivity contribution in [3.05, 3.63) is 65.7 Å². The van der Waals surface area contributed by atoms with Crippen molar-refractivity contribution in [2.75, 3.05) is 46.0 Å². The maximum absolute atomic E-state index is 10.2. The summed E-state index contributed by atoms with van der Waals surface area (Å²) in [6.45, 7) is 5.99. The summed E-state index contributed by atoms with van der Waals surface area (Å²) in [5, 5.41) is 13.7. The first-order valence-corrected chi connectivity index (χ1v) is 10.2. The number of ether oxygens (including phenoxy) is 2. The number of hydrogen-bond acceptors (Lipinski definition) is 5. The van der Waals surface area contributed by atoms with Gasteiger partial charge in [0.2, 0.25) is 0 Å². The quantitative estimate of drug-likeness (QED) is 0.583. The number of benzene rings is 2. The molecule has 0 bridgehead atoms. The van der Waals surface area contributed by atoms with Gasteiger partial charge in [-0.2, -0.15) is 0 Å². The molecule has 2 N–H and O–H groups in total. The second kappa shape index (κ2) is 11.8. The lowest BCUT2D eigenvalue weighted by molar-refractivity contribution is 0.00465. The first-order chi connectivity index (χ1) is 13.8. The SMILES string of the molecule is O[C@H](COc1cccc(CNCCCc2ccccc2)c1)CN1CCOCC1. The molecule has 3 rings (SSSR count). The third-order valence-corrected chi connectivity index (χ3v) is 4.90. The van der Waals surface area contributed by atoms with Crippen molar-refractivity contribution < 1.29 is 14.6 Å². The zero-order valence-corrected chi connectivity index (χ0v) is 16.6. The van der Waals surface area contributed by atoms with Crippen molar-refractivity contribution in [2.45, 2.75) is 25.5 Å². The van der Waals surface area contributed by atoms with E-state index in [0.717, 1.165) is 58.0 Å². The third-order valence-electron chi connectivity index (χ3n) is 4.90. The molecule has 0 radical (unpaired) electrons. The molecule has 0 spiro atoms. The van der Waals surface area contributed by atoms with Crippen LogP contribution >= 0.6 is 0 Å². The predicted molar refractivity (Wildman–Crippen MR) is 112 cm³/mol. The Morgan fingerprint density at radius 2 is 1.82 bits per heavy atom. The minimum atomic E-state index is -0.488. The van der Waals surface area contributed by atoms with Crippen LogP contribution in [-0.2, 0) is 17.7 Å². The second-order valence-corrected chi connectivity index (χ2v) is 7.29. The van der Waals surface area contributed by atoms with Crippen molar-refractivity contribution in [1.29, 1.82) is 0 Å². The molecule has 1 fully saturated rings. The number of nitrogens with zero attached hydrogens (tertiary/aromatic N) is 1. The number of morpholine rings is 1. The van der Waals surface area contributed by atoms with Crippen LogP contribution in [0.25, 0.3) is 0 Å². The molecule has 1 saturated heterocycles. The molecule has 28 heavy (non-hydrogen) atoms. The lowest BCUT2D eigenvalue weighted by Crippen LogP contribution is -2.42. The van der Waals surface area contributed by atoms with Crippen LogP contribution in [0.1, 0.15) is 17.5 Å². The maximum atomic E-state index is 10.2. The van der Waals surface area contributed by atoms with Crippen LogP contribution in [-0.4, -0.2) is 62.1 Å². The standard InChI is InChI=1S/C23H32N2O3/c26-22(18-25-12-14-27-15-13-25)19-28-23-10-4-8-21(16-23)17-24-11-5-9-20-6-2-1-3-7-20/h1-4,6-8,10,16,22,24,26H,5,9,11-15,17-19H2/t22-/m0/s1. The van der Waals surface area contributed by atoms with E-state index in [-0.39, 0.29) is 0 Å². The van der Waals surface area contributed by atoms with Crippen LogP contribution < -0.4 is 10.1 Å². The molecule has 5 heteroatoms. The lowest BCUT2D eigenvalue weighted by atomic mass is 10.1. The number of nitrogens with one attached hydrogen (secondary N) is 1. The van der Waals surface area contributed by atoms with Gasteiger partial charge in [-0.15, -0.1) is 0 Å². The minimum absolute atomic E-state index is 0.311. The van der Waals surface area contributed by atoms with Gasteiger partial charge in [-0.05, 0) is 42.6 Å². The number of aliphatic hydroxyl groups excluding tert-OH is 1. The van der Waals surface area contributed by atoms with E-state index in [4.69, 9.17) is 9.47 Å². The number of aryl methyl sites for hydroxylation is 1. The van der Waals surface area contributed by atoms with Gasteiger partial charge in [-0.1, -0.05) is 42.5 Å². The summed E-state index contributed by atoms with van der Waals surface area (Å²) in [6, 6.07) is 18.7. The lowest BCUT2D eigenvalue weighted by Gasteiger charge is -2.28. The van der Waals surface area contributed by atoms with Gasteiger partial charge in [-0.25, -0.2) is 0 Å². The summed E-state index contributed by atoms with van der Waals surface area (Å²) in [5.41, 5.74) is 2.58. The summed E-state index contributed by atoms with van der Waals surface area (Å²) in [6.07, 6.45) is 1.73. The van der Waals surface area contributed by atoms with Gasteiger partial charge >= 0.3 is 0 Å². The average molecular weight is 385 g/mol. The van der Waals surface area contributed by atoms with Crippen molar-refractivity contribution >= 4 is 0 Å². The summed E-state index contributed by atoms with van der Waals surface area (Å²) >= 11 is 0. The molecular weight excluding hydrogens is 352 g/mol. The molecule has 0 saturated carbocycles. The topological polar surface area (TPSA) is 54.0 Å². The van der Waals surface area contributed by atoms with Crippen LogP contribution in [0.5, 0.6) is 5.75 Å². The molecule has 2 aromatic carbocycles. The second-order valence-electron chi connectivity index (χ2n) is 7.29. The predicted octanol–water partition coefficient (Wildman–Crippen LogP) is 2.48. The van der Waals surface area contributed by atoms with Crippen molar-refractivity contribution in [3.8, 4) is 5.75 Å². The Hall–Kier alpha value is -1.92. The fourth-order valence-corrected chi connectivity index (χ4v) is 3.37. The molecule has 1 atom stereocenters. The highest BCUT2D eigenvalue weighted by Crippen LogP contribution is 2.14. The van der Waals surface area contributed by atoms with Crippen molar-refractivity contribution in [3.63, 3.8) is 0 Å². The van der Waals surface area contributed by atoms with Crippen LogP contribution in [0.3, 0.4) is 0 Å². The van der Waals surface area contributed by atoms with E-state index in [1.807, 2.05) is 18.2 Å². The Bertz CT molecular complexity index is 675. The number of hydrogen-bond donors (Lipinski definition) is 2. The van der Waals surface area contributed by atoms with Gasteiger partial charge in [0.05, 0.1) is 13.2 Å². The van der Waals surface area contributed by atoms with Crippen LogP contribution in [0.15, 0.2) is 54.6 Å². The number of rotatable bonds is 11. The molecule has 0 amide bonds. The van der Waals surface area contributed by atoms with E-state index in [2.05, 4.69) is 46.6 Å². The van der Waals surface area contributed by atoms with Crippen LogP contribution in [0.4, 0.5) is 0 Å². The summed E-state index contributed by atoms with van der Waals surface area (Å²) < 4.78 is 11.1. The zero-order valence-electron chi connectivity index (χ0n) is 16.6. The largest absolute Gasteiger partial charge is 0.491 e. The molecule has 1 aliphatic rings. The van der Waals surface area contributed by atoms with Crippen molar-refractivity contribution in [1.82, 2.24) is 10.2 Å². The molecule has 0 unspecified atom stereocenters. The monoisotopic (exact) mass is 384 g/mol. The van der Waals surface area contributed by atoms with E-state index >= 15 is 0 Å². The van der Waals surface area contributed by atoms with E-state index in [1.165, 1.54) is 11.1 Å². The Morgan fingerprint density at radius 3 is 2.64 bits per heavy atom. The van der Waals surface area contributed by atoms with Crippen LogP contribution in [0, 0.1) is 0 Å². The van der Waals surface area contributed by atoms with Gasteiger partial charge in [0, 0.05) is 26.2 Å². The van der Waals surface area contributed by atoms with Crippen molar-refractivity contribution in [2.24, 2.45) is 0 Å². The molecule has 0 aromatic heterocycles. The van der Waals surface area contributed by atoms with Gasteiger partial charge in [0.15, 0.2) is 0 Å². The molecular formula is C23H32N2O3. The van der Waals surface area contributed by atoms with Gasteiger partial charge in [0.25, 0.3) is 0 Å². The van der Waals surface area contributed by atoms with Gasteiger partial charge < -0.3 is 19.9 Å². The van der Waals surface area contributed by atoms with Crippen LogP contribution in [0.2, 0.25) is 0 Å². The fraction of sp³-hybridized carbons (Fsp3) is 0.478. The molecule has 5 nitrogen and oxygen atoms in total. The first kappa shape index (κ1) is 20.8. The van der Waals surface area contributed by atoms with E-state index < -0.39 is 6.10 Å². The zero-order chi connectivity index (χ0) is 19.4. The van der Waals surface area contributed by atoms with E-state index in [0.29, 0.717) is 13.2 Å². The number of aliphatic hydroxyl groups is 1. The smallest absolute Gasteiger partial charge is 0.119 e. The Kier molecular flexibility index (Phi) is 8.78. The molecule has 152 valence electrons. The highest BCUT2D eigenvalue weighted by molar-refractivity contribution is 5.28. The minimum Gasteiger partial charge on any atom is -0.491 e. The molecule has 1 heterocycles.